The van der Waals surface area contributed by atoms with E-state index < -0.39 is 11.9 Å². The second kappa shape index (κ2) is 7.46. The molecule has 2 unspecified atom stereocenters. The van der Waals surface area contributed by atoms with Gasteiger partial charge in [0.15, 0.2) is 0 Å². The summed E-state index contributed by atoms with van der Waals surface area (Å²) in [7, 11) is 0. The number of allylic oxidation sites excluding steroid dienone is 2. The molecular weight excluding hydrogens is 338 g/mol. The van der Waals surface area contributed by atoms with E-state index in [0.717, 1.165) is 11.1 Å². The Morgan fingerprint density at radius 2 is 1.48 bits per heavy atom. The molecule has 1 heterocycles. The predicted octanol–water partition coefficient (Wildman–Crippen LogP) is 3.49. The average Bonchev–Trinajstić information content (AvgIpc) is 2.72. The van der Waals surface area contributed by atoms with Crippen molar-refractivity contribution in [3.05, 3.63) is 108 Å². The van der Waals surface area contributed by atoms with Crippen LogP contribution in [0.15, 0.2) is 96.6 Å². The lowest BCUT2D eigenvalue weighted by Gasteiger charge is -2.28. The van der Waals surface area contributed by atoms with Gasteiger partial charge in [-0.05, 0) is 17.2 Å². The molecule has 2 aromatic carbocycles. The van der Waals surface area contributed by atoms with Crippen LogP contribution in [0.1, 0.15) is 17.2 Å². The van der Waals surface area contributed by atoms with Crippen LogP contribution in [-0.2, 0) is 14.3 Å². The van der Waals surface area contributed by atoms with Crippen LogP contribution in [0.4, 0.5) is 0 Å². The molecule has 2 aromatic rings. The van der Waals surface area contributed by atoms with Crippen LogP contribution in [0.5, 0.6) is 0 Å². The summed E-state index contributed by atoms with van der Waals surface area (Å²) < 4.78 is 5.41. The van der Waals surface area contributed by atoms with Gasteiger partial charge in [0.1, 0.15) is 11.7 Å². The summed E-state index contributed by atoms with van der Waals surface area (Å²) in [5.74, 6) is -1.13. The molecule has 27 heavy (non-hydrogen) atoms. The third-order valence-corrected chi connectivity index (χ3v) is 4.73. The molecule has 4 rings (SSSR count). The van der Waals surface area contributed by atoms with E-state index in [9.17, 15) is 9.59 Å². The zero-order valence-electron chi connectivity index (χ0n) is 14.6. The van der Waals surface area contributed by atoms with E-state index in [-0.39, 0.29) is 23.6 Å². The Hall–Kier alpha value is -3.40. The molecule has 1 N–H and O–H groups in total. The van der Waals surface area contributed by atoms with E-state index in [0.29, 0.717) is 0 Å². The Labute approximate surface area is 157 Å². The number of amides is 1. The summed E-state index contributed by atoms with van der Waals surface area (Å²) in [4.78, 5) is 25.3. The molecule has 0 spiro atoms. The normalized spacial score (nSPS) is 20.6. The highest BCUT2D eigenvalue weighted by atomic mass is 16.5. The molecule has 4 nitrogen and oxygen atoms in total. The highest BCUT2D eigenvalue weighted by Gasteiger charge is 2.33. The lowest BCUT2D eigenvalue weighted by molar-refractivity contribution is -0.146. The number of rotatable bonds is 4. The molecule has 134 valence electrons. The molecule has 1 amide bonds. The highest BCUT2D eigenvalue weighted by Crippen LogP contribution is 2.27. The van der Waals surface area contributed by atoms with Crippen molar-refractivity contribution >= 4 is 11.9 Å². The average molecular weight is 357 g/mol. The first-order valence-corrected chi connectivity index (χ1v) is 8.91. The number of ether oxygens (including phenoxy) is 1. The van der Waals surface area contributed by atoms with Gasteiger partial charge in [0, 0.05) is 5.92 Å². The van der Waals surface area contributed by atoms with Crippen LogP contribution in [0.2, 0.25) is 0 Å². The second-order valence-electron chi connectivity index (χ2n) is 6.53. The van der Waals surface area contributed by atoms with Gasteiger partial charge in [-0.2, -0.15) is 0 Å². The van der Waals surface area contributed by atoms with E-state index in [1.54, 1.807) is 6.08 Å². The maximum atomic E-state index is 12.9. The Bertz CT molecular complexity index is 889. The number of hydrogen-bond donors (Lipinski definition) is 1. The monoisotopic (exact) mass is 357 g/mol. The molecular formula is C23H19NO3. The summed E-state index contributed by atoms with van der Waals surface area (Å²) in [5.41, 5.74) is 1.94. The summed E-state index contributed by atoms with van der Waals surface area (Å²) in [6, 6.07) is 19.0. The van der Waals surface area contributed by atoms with Crippen LogP contribution in [0.25, 0.3) is 0 Å². The second-order valence-corrected chi connectivity index (χ2v) is 6.53. The summed E-state index contributed by atoms with van der Waals surface area (Å²) in [6.07, 6.45) is 8.84. The van der Waals surface area contributed by atoms with Crippen LogP contribution in [0, 0.1) is 5.92 Å². The fourth-order valence-electron chi connectivity index (χ4n) is 3.35. The number of fused-ring (bicyclic) bond motifs is 1. The maximum absolute atomic E-state index is 12.9. The van der Waals surface area contributed by atoms with Crippen molar-refractivity contribution in [1.82, 2.24) is 5.32 Å². The fraction of sp³-hybridized carbons (Fsp3) is 0.130. The highest BCUT2D eigenvalue weighted by molar-refractivity contribution is 6.17. The van der Waals surface area contributed by atoms with Crippen molar-refractivity contribution in [1.29, 1.82) is 0 Å². The summed E-state index contributed by atoms with van der Waals surface area (Å²) in [5, 5.41) is 3.00. The number of hydrogen-bond acceptors (Lipinski definition) is 3. The van der Waals surface area contributed by atoms with E-state index in [2.05, 4.69) is 5.32 Å². The number of nitrogens with one attached hydrogen (secondary N) is 1. The summed E-state index contributed by atoms with van der Waals surface area (Å²) in [6.45, 7) is 0. The molecule has 0 saturated heterocycles. The third-order valence-electron chi connectivity index (χ3n) is 4.73. The standard InChI is InChI=1S/C23H19NO3/c25-22(19-15-18-13-7-8-14-20(18)27-23(19)26)24-21(16-9-3-1-4-10-16)17-11-5-2-6-12-17/h1-15,18,20-21H,(H,24,25). The van der Waals surface area contributed by atoms with Gasteiger partial charge in [0.2, 0.25) is 0 Å². The minimum absolute atomic E-state index is 0.0491. The van der Waals surface area contributed by atoms with Crippen LogP contribution >= 0.6 is 0 Å². The van der Waals surface area contributed by atoms with Gasteiger partial charge in [-0.1, -0.05) is 85.0 Å². The van der Waals surface area contributed by atoms with Gasteiger partial charge in [-0.15, -0.1) is 0 Å². The molecule has 0 radical (unpaired) electrons. The number of benzene rings is 2. The van der Waals surface area contributed by atoms with Crippen molar-refractivity contribution in [3.63, 3.8) is 0 Å². The van der Waals surface area contributed by atoms with Crippen molar-refractivity contribution < 1.29 is 14.3 Å². The lowest BCUT2D eigenvalue weighted by atomic mass is 9.92. The van der Waals surface area contributed by atoms with Crippen molar-refractivity contribution in [2.75, 3.05) is 0 Å². The molecule has 2 aliphatic rings. The van der Waals surface area contributed by atoms with Crippen molar-refractivity contribution in [2.45, 2.75) is 12.1 Å². The first-order valence-electron chi connectivity index (χ1n) is 8.91. The van der Waals surface area contributed by atoms with Gasteiger partial charge in [0.25, 0.3) is 5.91 Å². The number of carbonyl (C=O) groups is 2. The molecule has 2 atom stereocenters. The predicted molar refractivity (Wildman–Crippen MR) is 103 cm³/mol. The smallest absolute Gasteiger partial charge is 0.344 e. The van der Waals surface area contributed by atoms with Crippen molar-refractivity contribution in [3.8, 4) is 0 Å². The minimum atomic E-state index is -0.589. The molecule has 0 saturated carbocycles. The zero-order chi connectivity index (χ0) is 18.6. The first-order chi connectivity index (χ1) is 13.2. The van der Waals surface area contributed by atoms with Crippen LogP contribution in [0.3, 0.4) is 0 Å². The Morgan fingerprint density at radius 1 is 0.889 bits per heavy atom. The lowest BCUT2D eigenvalue weighted by Crippen LogP contribution is -2.38. The molecule has 1 aliphatic heterocycles. The van der Waals surface area contributed by atoms with Crippen LogP contribution < -0.4 is 5.32 Å². The number of carbonyl (C=O) groups excluding carboxylic acids is 2. The van der Waals surface area contributed by atoms with Gasteiger partial charge in [-0.25, -0.2) is 4.79 Å². The maximum Gasteiger partial charge on any atom is 0.344 e. The Kier molecular flexibility index (Phi) is 4.71. The largest absolute Gasteiger partial charge is 0.453 e. The SMILES string of the molecule is O=C(NC(c1ccccc1)c1ccccc1)C1=CC2C=CC=CC2OC1=O. The number of esters is 1. The fourth-order valence-corrected chi connectivity index (χ4v) is 3.35. The van der Waals surface area contributed by atoms with Crippen LogP contribution in [-0.4, -0.2) is 18.0 Å². The van der Waals surface area contributed by atoms with Gasteiger partial charge >= 0.3 is 5.97 Å². The Morgan fingerprint density at radius 3 is 2.11 bits per heavy atom. The van der Waals surface area contributed by atoms with Crippen molar-refractivity contribution in [2.24, 2.45) is 5.92 Å². The molecule has 4 heteroatoms. The van der Waals surface area contributed by atoms with Gasteiger partial charge in [0.05, 0.1) is 6.04 Å². The zero-order valence-corrected chi connectivity index (χ0v) is 14.6. The van der Waals surface area contributed by atoms with E-state index in [1.165, 1.54) is 0 Å². The Balaban J connectivity index is 1.62. The topological polar surface area (TPSA) is 55.4 Å². The van der Waals surface area contributed by atoms with Gasteiger partial charge in [-0.3, -0.25) is 4.79 Å². The first kappa shape index (κ1) is 17.0. The van der Waals surface area contributed by atoms with Gasteiger partial charge < -0.3 is 10.1 Å². The summed E-state index contributed by atoms with van der Waals surface area (Å²) >= 11 is 0. The minimum Gasteiger partial charge on any atom is -0.453 e. The molecule has 0 bridgehead atoms. The molecule has 0 fully saturated rings. The van der Waals surface area contributed by atoms with E-state index in [1.807, 2.05) is 85.0 Å². The quantitative estimate of drug-likeness (QED) is 0.673. The molecule has 1 aliphatic carbocycles. The van der Waals surface area contributed by atoms with E-state index in [4.69, 9.17) is 4.74 Å². The molecule has 0 aromatic heterocycles. The van der Waals surface area contributed by atoms with E-state index >= 15 is 0 Å². The third kappa shape index (κ3) is 3.60.